The van der Waals surface area contributed by atoms with E-state index in [9.17, 15) is 4.57 Å². The second-order valence-corrected chi connectivity index (χ2v) is 6.45. The predicted octanol–water partition coefficient (Wildman–Crippen LogP) is 3.81. The Balaban J connectivity index is 2.08. The maximum atomic E-state index is 12.5. The first kappa shape index (κ1) is 12.8. The summed E-state index contributed by atoms with van der Waals surface area (Å²) in [6.45, 7) is 4.59. The summed E-state index contributed by atoms with van der Waals surface area (Å²) >= 11 is 0. The Kier molecular flexibility index (Phi) is 4.03. The zero-order valence-corrected chi connectivity index (χ0v) is 11.2. The zero-order chi connectivity index (χ0) is 12.3. The molecule has 4 heteroatoms. The average Bonchev–Trinajstić information content (AvgIpc) is 3.11. The molecule has 0 aliphatic heterocycles. The highest BCUT2D eigenvalue weighted by molar-refractivity contribution is 7.55. The van der Waals surface area contributed by atoms with Crippen molar-refractivity contribution >= 4 is 7.60 Å². The van der Waals surface area contributed by atoms with Crippen LogP contribution in [0, 0.1) is 0 Å². The second kappa shape index (κ2) is 5.34. The molecular formula is C13H19O3P. The van der Waals surface area contributed by atoms with E-state index in [2.05, 4.69) is 12.1 Å². The van der Waals surface area contributed by atoms with Crippen LogP contribution in [0.4, 0.5) is 0 Å². The maximum Gasteiger partial charge on any atom is 0.334 e. The van der Waals surface area contributed by atoms with Gasteiger partial charge in [0.2, 0.25) is 0 Å². The molecule has 2 rings (SSSR count). The molecule has 0 radical (unpaired) electrons. The highest BCUT2D eigenvalue weighted by Gasteiger charge is 2.53. The number of benzene rings is 1. The summed E-state index contributed by atoms with van der Waals surface area (Å²) in [6, 6.07) is 10.2. The molecule has 2 atom stereocenters. The molecule has 1 saturated carbocycles. The molecule has 1 aromatic carbocycles. The van der Waals surface area contributed by atoms with E-state index in [-0.39, 0.29) is 5.66 Å². The quantitative estimate of drug-likeness (QED) is 0.724. The van der Waals surface area contributed by atoms with E-state index in [1.54, 1.807) is 0 Å². The Labute approximate surface area is 103 Å². The minimum absolute atomic E-state index is 0.0461. The molecule has 17 heavy (non-hydrogen) atoms. The fraction of sp³-hybridized carbons (Fsp3) is 0.538. The topological polar surface area (TPSA) is 35.5 Å². The van der Waals surface area contributed by atoms with E-state index in [1.807, 2.05) is 32.0 Å². The molecule has 0 aromatic heterocycles. The molecule has 0 heterocycles. The molecule has 0 saturated heterocycles. The van der Waals surface area contributed by atoms with Gasteiger partial charge < -0.3 is 9.05 Å². The molecule has 0 bridgehead atoms. The van der Waals surface area contributed by atoms with Gasteiger partial charge in [-0.25, -0.2) is 0 Å². The summed E-state index contributed by atoms with van der Waals surface area (Å²) in [7, 11) is -2.90. The summed E-state index contributed by atoms with van der Waals surface area (Å²) in [4.78, 5) is 0. The summed E-state index contributed by atoms with van der Waals surface area (Å²) in [5, 5.41) is 0. The van der Waals surface area contributed by atoms with Crippen LogP contribution in [0.3, 0.4) is 0 Å². The van der Waals surface area contributed by atoms with Gasteiger partial charge in [-0.1, -0.05) is 30.3 Å². The van der Waals surface area contributed by atoms with Gasteiger partial charge in [-0.2, -0.15) is 0 Å². The Morgan fingerprint density at radius 1 is 1.18 bits per heavy atom. The van der Waals surface area contributed by atoms with E-state index in [4.69, 9.17) is 9.05 Å². The standard InChI is InChI=1S/C13H19O3P/c1-3-15-17(14,16-4-2)13-10-12(13)11-8-6-5-7-9-11/h5-9,12-13H,3-4,10H2,1-2H3/t12-,13-/m1/s1. The van der Waals surface area contributed by atoms with Gasteiger partial charge in [0.1, 0.15) is 0 Å². The molecule has 94 valence electrons. The summed E-state index contributed by atoms with van der Waals surface area (Å²) in [5.41, 5.74) is 1.28. The van der Waals surface area contributed by atoms with Gasteiger partial charge in [-0.05, 0) is 31.7 Å². The van der Waals surface area contributed by atoms with Crippen LogP contribution in [-0.2, 0) is 13.6 Å². The fourth-order valence-electron chi connectivity index (χ4n) is 2.18. The van der Waals surface area contributed by atoms with Crippen molar-refractivity contribution < 1.29 is 13.6 Å². The van der Waals surface area contributed by atoms with Crippen molar-refractivity contribution in [2.45, 2.75) is 31.8 Å². The molecule has 0 unspecified atom stereocenters. The molecule has 1 fully saturated rings. The van der Waals surface area contributed by atoms with Crippen molar-refractivity contribution in [3.05, 3.63) is 35.9 Å². The van der Waals surface area contributed by atoms with Crippen molar-refractivity contribution in [1.29, 1.82) is 0 Å². The third kappa shape index (κ3) is 2.79. The monoisotopic (exact) mass is 254 g/mol. The maximum absolute atomic E-state index is 12.5. The molecule has 0 spiro atoms. The molecule has 1 aromatic rings. The molecule has 1 aliphatic rings. The largest absolute Gasteiger partial charge is 0.334 e. The van der Waals surface area contributed by atoms with Crippen molar-refractivity contribution in [1.82, 2.24) is 0 Å². The lowest BCUT2D eigenvalue weighted by Gasteiger charge is -2.16. The molecule has 3 nitrogen and oxygen atoms in total. The number of rotatable bonds is 6. The van der Waals surface area contributed by atoms with Crippen LogP contribution in [0.5, 0.6) is 0 Å². The third-order valence-corrected chi connectivity index (χ3v) is 5.63. The summed E-state index contributed by atoms with van der Waals surface area (Å²) in [5.74, 6) is 0.333. The van der Waals surface area contributed by atoms with Crippen LogP contribution in [0.2, 0.25) is 0 Å². The van der Waals surface area contributed by atoms with Crippen LogP contribution < -0.4 is 0 Å². The Morgan fingerprint density at radius 2 is 1.76 bits per heavy atom. The molecule has 0 N–H and O–H groups in total. The third-order valence-electron chi connectivity index (χ3n) is 3.01. The Morgan fingerprint density at radius 3 is 2.29 bits per heavy atom. The van der Waals surface area contributed by atoms with Gasteiger partial charge >= 0.3 is 7.60 Å². The highest BCUT2D eigenvalue weighted by atomic mass is 31.2. The van der Waals surface area contributed by atoms with E-state index >= 15 is 0 Å². The van der Waals surface area contributed by atoms with Crippen molar-refractivity contribution in [2.24, 2.45) is 0 Å². The van der Waals surface area contributed by atoms with E-state index < -0.39 is 7.60 Å². The molecular weight excluding hydrogens is 235 g/mol. The first-order valence-corrected chi connectivity index (χ1v) is 7.76. The average molecular weight is 254 g/mol. The van der Waals surface area contributed by atoms with Crippen LogP contribution in [0.1, 0.15) is 31.7 Å². The second-order valence-electron chi connectivity index (χ2n) is 4.20. The number of hydrogen-bond acceptors (Lipinski definition) is 3. The van der Waals surface area contributed by atoms with Crippen LogP contribution in [0.15, 0.2) is 30.3 Å². The van der Waals surface area contributed by atoms with E-state index in [0.29, 0.717) is 19.1 Å². The Hall–Kier alpha value is -0.630. The zero-order valence-electron chi connectivity index (χ0n) is 10.3. The van der Waals surface area contributed by atoms with Gasteiger partial charge in [0.05, 0.1) is 18.9 Å². The van der Waals surface area contributed by atoms with Gasteiger partial charge in [-0.15, -0.1) is 0 Å². The van der Waals surface area contributed by atoms with Gasteiger partial charge in [0, 0.05) is 0 Å². The van der Waals surface area contributed by atoms with Crippen LogP contribution >= 0.6 is 7.60 Å². The van der Waals surface area contributed by atoms with E-state index in [0.717, 1.165) is 6.42 Å². The minimum Gasteiger partial charge on any atom is -0.309 e. The normalized spacial score (nSPS) is 23.6. The van der Waals surface area contributed by atoms with Gasteiger partial charge in [0.25, 0.3) is 0 Å². The van der Waals surface area contributed by atoms with Crippen LogP contribution in [0.25, 0.3) is 0 Å². The lowest BCUT2D eigenvalue weighted by atomic mass is 10.1. The SMILES string of the molecule is CCOP(=O)(OCC)[C@@H]1C[C@@H]1c1ccccc1. The smallest absolute Gasteiger partial charge is 0.309 e. The lowest BCUT2D eigenvalue weighted by Crippen LogP contribution is -2.01. The first-order valence-electron chi connectivity index (χ1n) is 6.15. The molecule has 0 amide bonds. The van der Waals surface area contributed by atoms with Crippen molar-refractivity contribution in [3.8, 4) is 0 Å². The highest BCUT2D eigenvalue weighted by Crippen LogP contribution is 2.68. The minimum atomic E-state index is -2.90. The molecule has 1 aliphatic carbocycles. The Bertz CT molecular complexity index is 394. The fourth-order valence-corrected chi connectivity index (χ4v) is 4.45. The number of hydrogen-bond donors (Lipinski definition) is 0. The predicted molar refractivity (Wildman–Crippen MR) is 68.4 cm³/mol. The lowest BCUT2D eigenvalue weighted by molar-refractivity contribution is 0.218. The van der Waals surface area contributed by atoms with Gasteiger partial charge in [0.15, 0.2) is 0 Å². The van der Waals surface area contributed by atoms with Crippen molar-refractivity contribution in [2.75, 3.05) is 13.2 Å². The summed E-state index contributed by atoms with van der Waals surface area (Å²) in [6.07, 6.45) is 0.904. The van der Waals surface area contributed by atoms with Crippen molar-refractivity contribution in [3.63, 3.8) is 0 Å². The van der Waals surface area contributed by atoms with E-state index in [1.165, 1.54) is 5.56 Å². The first-order chi connectivity index (χ1) is 8.21. The van der Waals surface area contributed by atoms with Crippen LogP contribution in [-0.4, -0.2) is 18.9 Å². The van der Waals surface area contributed by atoms with Gasteiger partial charge in [-0.3, -0.25) is 4.57 Å². The summed E-state index contributed by atoms with van der Waals surface area (Å²) < 4.78 is 23.3.